The molecule has 0 aromatic heterocycles. The van der Waals surface area contributed by atoms with Crippen molar-refractivity contribution in [1.82, 2.24) is 0 Å². The van der Waals surface area contributed by atoms with Gasteiger partial charge in [0.05, 0.1) is 23.8 Å². The number of ether oxygens (including phenoxy) is 2. The fourth-order valence-corrected chi connectivity index (χ4v) is 5.73. The quantitative estimate of drug-likeness (QED) is 0.488. The van der Waals surface area contributed by atoms with Crippen LogP contribution >= 0.6 is 0 Å². The molecule has 0 amide bonds. The van der Waals surface area contributed by atoms with E-state index in [0.29, 0.717) is 11.3 Å². The average molecular weight is 441 g/mol. The molecule has 0 fully saturated rings. The first-order chi connectivity index (χ1) is 14.8. The van der Waals surface area contributed by atoms with E-state index in [1.807, 2.05) is 63.2 Å². The minimum Gasteiger partial charge on any atom is -0.469 e. The second-order valence-electron chi connectivity index (χ2n) is 8.05. The van der Waals surface area contributed by atoms with Crippen LogP contribution in [-0.4, -0.2) is 28.0 Å². The third-order valence-electron chi connectivity index (χ3n) is 5.94. The largest absolute Gasteiger partial charge is 0.469 e. The van der Waals surface area contributed by atoms with Gasteiger partial charge in [0.2, 0.25) is 0 Å². The van der Waals surface area contributed by atoms with Gasteiger partial charge >= 0.3 is 11.9 Å². The molecule has 1 aliphatic carbocycles. The fourth-order valence-electron chi connectivity index (χ4n) is 3.93. The van der Waals surface area contributed by atoms with Crippen LogP contribution in [0.4, 0.5) is 0 Å². The number of benzene rings is 2. The SMILES string of the molecule is COC(=O)[C@@H]1CC(C)=C(C)C[C@@]1(C(=O)OCc1ccccc1)[S@@](=O)c1ccc(C)cc1. The molecule has 0 heterocycles. The molecular formula is C25H28O5S. The number of allylic oxidation sites excluding steroid dienone is 2. The molecule has 0 saturated carbocycles. The number of hydrogen-bond acceptors (Lipinski definition) is 5. The first-order valence-corrected chi connectivity index (χ1v) is 11.4. The van der Waals surface area contributed by atoms with E-state index in [1.54, 1.807) is 12.1 Å². The van der Waals surface area contributed by atoms with Crippen LogP contribution in [0.3, 0.4) is 0 Å². The molecule has 3 atom stereocenters. The van der Waals surface area contributed by atoms with Gasteiger partial charge in [-0.05, 0) is 51.3 Å². The zero-order valence-electron chi connectivity index (χ0n) is 18.3. The Hall–Kier alpha value is -2.73. The molecule has 2 aromatic carbocycles. The number of aryl methyl sites for hydroxylation is 1. The summed E-state index contributed by atoms with van der Waals surface area (Å²) in [6.45, 7) is 5.82. The lowest BCUT2D eigenvalue weighted by molar-refractivity contribution is -0.158. The van der Waals surface area contributed by atoms with Crippen LogP contribution in [0.15, 0.2) is 70.6 Å². The van der Waals surface area contributed by atoms with Gasteiger partial charge in [-0.25, -0.2) is 0 Å². The maximum absolute atomic E-state index is 13.9. The highest BCUT2D eigenvalue weighted by Crippen LogP contribution is 2.45. The normalized spacial score (nSPS) is 22.0. The second kappa shape index (κ2) is 9.60. The Labute approximate surface area is 185 Å². The third kappa shape index (κ3) is 4.64. The summed E-state index contributed by atoms with van der Waals surface area (Å²) in [4.78, 5) is 26.9. The van der Waals surface area contributed by atoms with Crippen LogP contribution in [0.2, 0.25) is 0 Å². The highest BCUT2D eigenvalue weighted by molar-refractivity contribution is 7.87. The summed E-state index contributed by atoms with van der Waals surface area (Å²) < 4.78 is 23.1. The van der Waals surface area contributed by atoms with Gasteiger partial charge in [-0.2, -0.15) is 0 Å². The van der Waals surface area contributed by atoms with Crippen molar-refractivity contribution in [3.8, 4) is 0 Å². The fraction of sp³-hybridized carbons (Fsp3) is 0.360. The smallest absolute Gasteiger partial charge is 0.326 e. The molecule has 0 bridgehead atoms. The first-order valence-electron chi connectivity index (χ1n) is 10.2. The molecule has 164 valence electrons. The van der Waals surface area contributed by atoms with Gasteiger partial charge in [-0.15, -0.1) is 0 Å². The molecule has 6 heteroatoms. The molecule has 2 aromatic rings. The molecule has 0 saturated heterocycles. The van der Waals surface area contributed by atoms with Crippen molar-refractivity contribution >= 4 is 22.7 Å². The molecule has 3 rings (SSSR count). The zero-order chi connectivity index (χ0) is 22.6. The van der Waals surface area contributed by atoms with Gasteiger partial charge in [-0.3, -0.25) is 13.8 Å². The van der Waals surface area contributed by atoms with Gasteiger partial charge in [0.1, 0.15) is 6.61 Å². The van der Waals surface area contributed by atoms with Crippen molar-refractivity contribution < 1.29 is 23.3 Å². The van der Waals surface area contributed by atoms with Crippen molar-refractivity contribution in [1.29, 1.82) is 0 Å². The molecular weight excluding hydrogens is 412 g/mol. The molecule has 0 spiro atoms. The molecule has 1 aliphatic rings. The van der Waals surface area contributed by atoms with E-state index >= 15 is 0 Å². The molecule has 0 radical (unpaired) electrons. The van der Waals surface area contributed by atoms with Crippen LogP contribution in [0, 0.1) is 12.8 Å². The Balaban J connectivity index is 2.07. The summed E-state index contributed by atoms with van der Waals surface area (Å²) in [5.74, 6) is -2.09. The number of rotatable bonds is 6. The van der Waals surface area contributed by atoms with Crippen LogP contribution in [0.1, 0.15) is 37.8 Å². The van der Waals surface area contributed by atoms with Gasteiger partial charge in [0.25, 0.3) is 0 Å². The van der Waals surface area contributed by atoms with E-state index in [2.05, 4.69) is 0 Å². The standard InChI is InChI=1S/C25H28O5S/c1-17-10-12-21(13-11-17)31(28)25(24(27)30-16-20-8-6-5-7-9-20)15-19(3)18(2)14-22(25)23(26)29-4/h5-13,22H,14-16H2,1-4H3/t22-,25+,31-/m0/s1. The van der Waals surface area contributed by atoms with Crippen molar-refractivity contribution in [2.45, 2.75) is 49.9 Å². The van der Waals surface area contributed by atoms with E-state index in [0.717, 1.165) is 22.3 Å². The van der Waals surface area contributed by atoms with E-state index in [-0.39, 0.29) is 13.0 Å². The van der Waals surface area contributed by atoms with Gasteiger partial charge < -0.3 is 9.47 Å². The summed E-state index contributed by atoms with van der Waals surface area (Å²) in [7, 11) is -0.533. The van der Waals surface area contributed by atoms with Gasteiger partial charge in [0.15, 0.2) is 4.75 Å². The second-order valence-corrected chi connectivity index (χ2v) is 9.79. The van der Waals surface area contributed by atoms with Crippen LogP contribution in [-0.2, 0) is 36.5 Å². The van der Waals surface area contributed by atoms with Crippen molar-refractivity contribution in [3.05, 3.63) is 76.9 Å². The van der Waals surface area contributed by atoms with Crippen LogP contribution in [0.25, 0.3) is 0 Å². The number of carbonyl (C=O) groups is 2. The highest BCUT2D eigenvalue weighted by Gasteiger charge is 2.58. The van der Waals surface area contributed by atoms with Crippen LogP contribution < -0.4 is 0 Å². The van der Waals surface area contributed by atoms with E-state index in [9.17, 15) is 13.8 Å². The molecule has 0 unspecified atom stereocenters. The summed E-state index contributed by atoms with van der Waals surface area (Å²) in [6.07, 6.45) is 0.475. The average Bonchev–Trinajstić information content (AvgIpc) is 2.79. The number of hydrogen-bond donors (Lipinski definition) is 0. The molecule has 0 N–H and O–H groups in total. The summed E-state index contributed by atoms with van der Waals surface area (Å²) in [5.41, 5.74) is 3.78. The highest BCUT2D eigenvalue weighted by atomic mass is 32.2. The van der Waals surface area contributed by atoms with Gasteiger partial charge in [0, 0.05) is 4.90 Å². The summed E-state index contributed by atoms with van der Waals surface area (Å²) >= 11 is 0. The number of methoxy groups -OCH3 is 1. The first kappa shape index (κ1) is 22.9. The number of carbonyl (C=O) groups excluding carboxylic acids is 2. The maximum atomic E-state index is 13.9. The lowest BCUT2D eigenvalue weighted by Gasteiger charge is -2.40. The predicted molar refractivity (Wildman–Crippen MR) is 120 cm³/mol. The van der Waals surface area contributed by atoms with E-state index < -0.39 is 33.4 Å². The maximum Gasteiger partial charge on any atom is 0.326 e. The minimum atomic E-state index is -1.82. The Morgan fingerprint density at radius 2 is 1.65 bits per heavy atom. The number of esters is 2. The van der Waals surface area contributed by atoms with Gasteiger partial charge in [-0.1, -0.05) is 59.2 Å². The molecule has 0 aliphatic heterocycles. The van der Waals surface area contributed by atoms with E-state index in [4.69, 9.17) is 9.47 Å². The Bertz CT molecular complexity index is 1010. The lowest BCUT2D eigenvalue weighted by atomic mass is 9.75. The van der Waals surface area contributed by atoms with Crippen LogP contribution in [0.5, 0.6) is 0 Å². The van der Waals surface area contributed by atoms with E-state index in [1.165, 1.54) is 7.11 Å². The topological polar surface area (TPSA) is 69.7 Å². The monoisotopic (exact) mass is 440 g/mol. The zero-order valence-corrected chi connectivity index (χ0v) is 19.2. The Morgan fingerprint density at radius 1 is 1.00 bits per heavy atom. The Morgan fingerprint density at radius 3 is 2.26 bits per heavy atom. The predicted octanol–water partition coefficient (Wildman–Crippen LogP) is 4.50. The molecule has 31 heavy (non-hydrogen) atoms. The van der Waals surface area contributed by atoms with Crippen molar-refractivity contribution in [2.24, 2.45) is 5.92 Å². The third-order valence-corrected chi connectivity index (χ3v) is 7.90. The Kier molecular flexibility index (Phi) is 7.11. The van der Waals surface area contributed by atoms with Crippen molar-refractivity contribution in [2.75, 3.05) is 7.11 Å². The minimum absolute atomic E-state index is 0.0438. The summed E-state index contributed by atoms with van der Waals surface area (Å²) in [5, 5.41) is 0. The summed E-state index contributed by atoms with van der Waals surface area (Å²) in [6, 6.07) is 16.5. The lowest BCUT2D eigenvalue weighted by Crippen LogP contribution is -2.55. The van der Waals surface area contributed by atoms with Crippen molar-refractivity contribution in [3.63, 3.8) is 0 Å². The molecule has 5 nitrogen and oxygen atoms in total.